The first-order valence-corrected chi connectivity index (χ1v) is 8.81. The molecular formula is C15H14F5N3O3S. The summed E-state index contributed by atoms with van der Waals surface area (Å²) >= 11 is 0. The third-order valence-electron chi connectivity index (χ3n) is 3.52. The molecular weight excluding hydrogens is 397 g/mol. The number of hydrogen-bond acceptors (Lipinski definition) is 3. The van der Waals surface area contributed by atoms with Crippen LogP contribution in [0.5, 0.6) is 0 Å². The molecule has 0 saturated heterocycles. The first-order valence-electron chi connectivity index (χ1n) is 7.33. The van der Waals surface area contributed by atoms with E-state index in [4.69, 9.17) is 0 Å². The number of sulfonamides is 1. The lowest BCUT2D eigenvalue weighted by molar-refractivity contribution is -0.147. The van der Waals surface area contributed by atoms with Gasteiger partial charge in [0.15, 0.2) is 11.6 Å². The van der Waals surface area contributed by atoms with Crippen molar-refractivity contribution in [2.24, 2.45) is 7.05 Å². The Morgan fingerprint density at radius 3 is 2.33 bits per heavy atom. The molecule has 2 aromatic rings. The molecule has 1 amide bonds. The van der Waals surface area contributed by atoms with Gasteiger partial charge in [-0.15, -0.1) is 0 Å². The van der Waals surface area contributed by atoms with E-state index in [1.807, 2.05) is 0 Å². The first-order chi connectivity index (χ1) is 12.3. The molecule has 6 nitrogen and oxygen atoms in total. The van der Waals surface area contributed by atoms with Crippen LogP contribution in [0.15, 0.2) is 35.4 Å². The number of benzene rings is 1. The summed E-state index contributed by atoms with van der Waals surface area (Å²) in [5.74, 6) is -3.19. The lowest BCUT2D eigenvalue weighted by Gasteiger charge is -2.16. The molecule has 1 aromatic carbocycles. The van der Waals surface area contributed by atoms with Gasteiger partial charge < -0.3 is 9.88 Å². The number of carbonyl (C=O) groups is 1. The van der Waals surface area contributed by atoms with E-state index in [0.717, 1.165) is 35.0 Å². The van der Waals surface area contributed by atoms with E-state index in [1.54, 1.807) is 0 Å². The number of anilines is 1. The molecule has 27 heavy (non-hydrogen) atoms. The summed E-state index contributed by atoms with van der Waals surface area (Å²) in [5.41, 5.74) is -0.312. The van der Waals surface area contributed by atoms with Crippen LogP contribution in [0.2, 0.25) is 0 Å². The van der Waals surface area contributed by atoms with E-state index in [9.17, 15) is 35.2 Å². The van der Waals surface area contributed by atoms with Gasteiger partial charge in [0.05, 0.1) is 0 Å². The monoisotopic (exact) mass is 411 g/mol. The fourth-order valence-corrected chi connectivity index (χ4v) is 3.34. The maximum Gasteiger partial charge on any atom is 0.404 e. The highest BCUT2D eigenvalue weighted by atomic mass is 32.2. The zero-order chi connectivity index (χ0) is 20.6. The Morgan fingerprint density at radius 1 is 1.15 bits per heavy atom. The highest BCUT2D eigenvalue weighted by molar-refractivity contribution is 7.89. The Morgan fingerprint density at radius 2 is 1.78 bits per heavy atom. The van der Waals surface area contributed by atoms with Crippen LogP contribution in [-0.2, 0) is 17.1 Å². The van der Waals surface area contributed by atoms with Gasteiger partial charge in [0.25, 0.3) is 5.91 Å². The van der Waals surface area contributed by atoms with Gasteiger partial charge in [-0.25, -0.2) is 17.2 Å². The number of carbonyl (C=O) groups excluding carboxylic acids is 1. The minimum absolute atomic E-state index is 0.0895. The molecule has 0 aliphatic carbocycles. The zero-order valence-corrected chi connectivity index (χ0v) is 14.8. The number of aryl methyl sites for hydroxylation is 1. The van der Waals surface area contributed by atoms with Gasteiger partial charge in [-0.3, -0.25) is 4.79 Å². The molecule has 2 N–H and O–H groups in total. The molecule has 148 valence electrons. The highest BCUT2D eigenvalue weighted by Crippen LogP contribution is 2.23. The number of nitrogens with one attached hydrogen (secondary N) is 2. The summed E-state index contributed by atoms with van der Waals surface area (Å²) in [4.78, 5) is 11.7. The molecule has 1 aromatic heterocycles. The molecule has 0 radical (unpaired) electrons. The lowest BCUT2D eigenvalue weighted by atomic mass is 10.3. The Bertz CT molecular complexity index is 970. The molecule has 12 heteroatoms. The van der Waals surface area contributed by atoms with Gasteiger partial charge in [-0.05, 0) is 25.1 Å². The van der Waals surface area contributed by atoms with E-state index in [2.05, 4.69) is 5.32 Å². The van der Waals surface area contributed by atoms with Crippen LogP contribution in [0.3, 0.4) is 0 Å². The molecule has 0 aliphatic rings. The number of rotatable bonds is 5. The van der Waals surface area contributed by atoms with Crippen molar-refractivity contribution in [1.29, 1.82) is 0 Å². The topological polar surface area (TPSA) is 80.2 Å². The molecule has 1 heterocycles. The first kappa shape index (κ1) is 20.8. The van der Waals surface area contributed by atoms with Crippen LogP contribution >= 0.6 is 0 Å². The number of amides is 1. The Hall–Kier alpha value is -2.47. The van der Waals surface area contributed by atoms with E-state index in [-0.39, 0.29) is 11.4 Å². The summed E-state index contributed by atoms with van der Waals surface area (Å²) in [6, 6.07) is 1.13. The molecule has 2 rings (SSSR count). The molecule has 0 spiro atoms. The van der Waals surface area contributed by atoms with Gasteiger partial charge in [-0.1, -0.05) is 0 Å². The number of aromatic nitrogens is 1. The number of alkyl halides is 3. The smallest absolute Gasteiger partial charge is 0.345 e. The van der Waals surface area contributed by atoms with E-state index in [1.165, 1.54) is 11.8 Å². The fourth-order valence-electron chi connectivity index (χ4n) is 2.04. The second-order valence-corrected chi connectivity index (χ2v) is 7.35. The lowest BCUT2D eigenvalue weighted by Crippen LogP contribution is -2.42. The molecule has 0 unspecified atom stereocenters. The normalized spacial score (nSPS) is 13.4. The average molecular weight is 411 g/mol. The minimum Gasteiger partial charge on any atom is -0.345 e. The van der Waals surface area contributed by atoms with Gasteiger partial charge >= 0.3 is 6.18 Å². The third-order valence-corrected chi connectivity index (χ3v) is 5.03. The Balaban J connectivity index is 2.24. The summed E-state index contributed by atoms with van der Waals surface area (Å²) in [5, 5.41) is 2.24. The van der Waals surface area contributed by atoms with E-state index < -0.39 is 44.7 Å². The second-order valence-electron chi connectivity index (χ2n) is 5.64. The average Bonchev–Trinajstić information content (AvgIpc) is 2.92. The standard InChI is InChI=1S/C15H14F5N3O3S/c1-8(15(18,19)20)22-27(25,26)10-6-13(23(2)7-10)14(24)21-9-3-4-11(16)12(17)5-9/h3-8,22H,1-2H3,(H,21,24)/t8-/m0/s1. The Kier molecular flexibility index (Phi) is 5.61. The maximum absolute atomic E-state index is 13.2. The maximum atomic E-state index is 13.2. The van der Waals surface area contributed by atoms with Crippen molar-refractivity contribution in [3.63, 3.8) is 0 Å². The summed E-state index contributed by atoms with van der Waals surface area (Å²) in [6.07, 6.45) is -3.83. The number of nitrogens with zero attached hydrogens (tertiary/aromatic N) is 1. The molecule has 0 aliphatic heterocycles. The van der Waals surface area contributed by atoms with Crippen LogP contribution in [0.25, 0.3) is 0 Å². The minimum atomic E-state index is -4.78. The van der Waals surface area contributed by atoms with Gasteiger partial charge in [0.2, 0.25) is 10.0 Å². The fraction of sp³-hybridized carbons (Fsp3) is 0.267. The summed E-state index contributed by atoms with van der Waals surface area (Å²) in [6.45, 7) is 0.636. The highest BCUT2D eigenvalue weighted by Gasteiger charge is 2.39. The molecule has 1 atom stereocenters. The van der Waals surface area contributed by atoms with E-state index in [0.29, 0.717) is 6.92 Å². The largest absolute Gasteiger partial charge is 0.404 e. The van der Waals surface area contributed by atoms with Gasteiger partial charge in [-0.2, -0.15) is 17.9 Å². The SMILES string of the molecule is C[C@H](NS(=O)(=O)c1cc(C(=O)Nc2ccc(F)c(F)c2)n(C)c1)C(F)(F)F. The van der Waals surface area contributed by atoms with Crippen molar-refractivity contribution in [3.05, 3.63) is 47.8 Å². The van der Waals surface area contributed by atoms with Crippen LogP contribution in [0.4, 0.5) is 27.6 Å². The number of hydrogen-bond donors (Lipinski definition) is 2. The number of halogens is 5. The van der Waals surface area contributed by atoms with Gasteiger partial charge in [0.1, 0.15) is 16.6 Å². The molecule has 0 saturated carbocycles. The van der Waals surface area contributed by atoms with Gasteiger partial charge in [0, 0.05) is 25.0 Å². The zero-order valence-electron chi connectivity index (χ0n) is 13.9. The quantitative estimate of drug-likeness (QED) is 0.743. The van der Waals surface area contributed by atoms with E-state index >= 15 is 0 Å². The van der Waals surface area contributed by atoms with Crippen LogP contribution in [0, 0.1) is 11.6 Å². The van der Waals surface area contributed by atoms with Crippen molar-refractivity contribution in [3.8, 4) is 0 Å². The summed E-state index contributed by atoms with van der Waals surface area (Å²) in [7, 11) is -3.25. The Labute approximate surface area is 151 Å². The third kappa shape index (κ3) is 4.83. The van der Waals surface area contributed by atoms with Crippen LogP contribution < -0.4 is 10.0 Å². The van der Waals surface area contributed by atoms with Crippen LogP contribution in [0.1, 0.15) is 17.4 Å². The van der Waals surface area contributed by atoms with Crippen LogP contribution in [-0.4, -0.2) is 31.1 Å². The second kappa shape index (κ2) is 7.27. The predicted molar refractivity (Wildman–Crippen MR) is 85.6 cm³/mol. The van der Waals surface area contributed by atoms with Crippen molar-refractivity contribution < 1.29 is 35.2 Å². The molecule has 0 fully saturated rings. The van der Waals surface area contributed by atoms with Crippen molar-refractivity contribution in [2.45, 2.75) is 24.0 Å². The van der Waals surface area contributed by atoms with Crippen molar-refractivity contribution >= 4 is 21.6 Å². The molecule has 0 bridgehead atoms. The van der Waals surface area contributed by atoms with Crippen molar-refractivity contribution in [1.82, 2.24) is 9.29 Å². The predicted octanol–water partition coefficient (Wildman–Crippen LogP) is 2.78. The van der Waals surface area contributed by atoms with Crippen molar-refractivity contribution in [2.75, 3.05) is 5.32 Å². The summed E-state index contributed by atoms with van der Waals surface area (Å²) < 4.78 is 90.4.